The molecule has 3 rings (SSSR count). The van der Waals surface area contributed by atoms with E-state index < -0.39 is 0 Å². The lowest BCUT2D eigenvalue weighted by Crippen LogP contribution is -2.17. The summed E-state index contributed by atoms with van der Waals surface area (Å²) in [5, 5.41) is 5.01. The van der Waals surface area contributed by atoms with Gasteiger partial charge in [-0.3, -0.25) is 4.79 Å². The van der Waals surface area contributed by atoms with Crippen molar-refractivity contribution in [2.75, 3.05) is 5.32 Å². The van der Waals surface area contributed by atoms with E-state index in [0.29, 0.717) is 17.3 Å². The first-order valence-corrected chi connectivity index (χ1v) is 8.85. The topological polar surface area (TPSA) is 55.1 Å². The molecular formula is C19H20N2O2S. The van der Waals surface area contributed by atoms with Gasteiger partial charge in [0, 0.05) is 5.69 Å². The van der Waals surface area contributed by atoms with E-state index in [4.69, 9.17) is 4.42 Å². The minimum Gasteiger partial charge on any atom is -0.440 e. The Hall–Kier alpha value is -2.40. The third-order valence-electron chi connectivity index (χ3n) is 3.96. The number of carbonyl (C=O) groups is 1. The Kier molecular flexibility index (Phi) is 4.81. The number of aryl methyl sites for hydroxylation is 3. The maximum absolute atomic E-state index is 12.5. The van der Waals surface area contributed by atoms with E-state index in [2.05, 4.69) is 17.2 Å². The van der Waals surface area contributed by atoms with Gasteiger partial charge in [0.2, 0.25) is 11.8 Å². The van der Waals surface area contributed by atoms with Crippen LogP contribution in [0.3, 0.4) is 0 Å². The summed E-state index contributed by atoms with van der Waals surface area (Å²) >= 11 is 1.57. The summed E-state index contributed by atoms with van der Waals surface area (Å²) in [5.41, 5.74) is 3.80. The number of rotatable bonds is 5. The number of benzene rings is 1. The lowest BCUT2D eigenvalue weighted by Gasteiger charge is -2.12. The summed E-state index contributed by atoms with van der Waals surface area (Å²) in [7, 11) is 0. The molecule has 1 amide bonds. The van der Waals surface area contributed by atoms with Gasteiger partial charge in [-0.25, -0.2) is 4.98 Å². The second-order valence-corrected chi connectivity index (χ2v) is 6.63. The quantitative estimate of drug-likeness (QED) is 0.728. The molecule has 3 aromatic rings. The predicted molar refractivity (Wildman–Crippen MR) is 97.4 cm³/mol. The Balaban J connectivity index is 1.77. The van der Waals surface area contributed by atoms with E-state index in [1.807, 2.05) is 49.6 Å². The zero-order valence-corrected chi connectivity index (χ0v) is 14.9. The lowest BCUT2D eigenvalue weighted by molar-refractivity contribution is -0.115. The van der Waals surface area contributed by atoms with Crippen molar-refractivity contribution in [2.45, 2.75) is 33.6 Å². The van der Waals surface area contributed by atoms with Crippen LogP contribution in [0.25, 0.3) is 10.8 Å². The Morgan fingerprint density at radius 3 is 2.79 bits per heavy atom. The molecule has 0 aliphatic carbocycles. The first-order chi connectivity index (χ1) is 11.6. The lowest BCUT2D eigenvalue weighted by atomic mass is 10.1. The van der Waals surface area contributed by atoms with Gasteiger partial charge in [-0.15, -0.1) is 11.3 Å². The summed E-state index contributed by atoms with van der Waals surface area (Å²) in [6.07, 6.45) is 1.08. The number of nitrogens with one attached hydrogen (secondary N) is 1. The number of oxazole rings is 1. The number of hydrogen-bond donors (Lipinski definition) is 1. The number of hydrogen-bond acceptors (Lipinski definition) is 4. The highest BCUT2D eigenvalue weighted by molar-refractivity contribution is 7.13. The van der Waals surface area contributed by atoms with E-state index >= 15 is 0 Å². The largest absolute Gasteiger partial charge is 0.440 e. The molecule has 24 heavy (non-hydrogen) atoms. The molecule has 2 heterocycles. The fraction of sp³-hybridized carbons (Fsp3) is 0.263. The van der Waals surface area contributed by atoms with Crippen LogP contribution in [-0.4, -0.2) is 10.9 Å². The van der Waals surface area contributed by atoms with Gasteiger partial charge in [0.1, 0.15) is 5.76 Å². The summed E-state index contributed by atoms with van der Waals surface area (Å²) < 4.78 is 5.70. The van der Waals surface area contributed by atoms with Crippen molar-refractivity contribution >= 4 is 22.9 Å². The first kappa shape index (κ1) is 16.5. The molecule has 0 saturated heterocycles. The number of aromatic nitrogens is 1. The smallest absolute Gasteiger partial charge is 0.236 e. The van der Waals surface area contributed by atoms with Crippen molar-refractivity contribution in [2.24, 2.45) is 0 Å². The molecule has 0 unspecified atom stereocenters. The zero-order valence-electron chi connectivity index (χ0n) is 14.1. The van der Waals surface area contributed by atoms with Gasteiger partial charge < -0.3 is 9.73 Å². The van der Waals surface area contributed by atoms with Crippen molar-refractivity contribution in [3.63, 3.8) is 0 Å². The van der Waals surface area contributed by atoms with Crippen molar-refractivity contribution in [1.82, 2.24) is 4.98 Å². The third-order valence-corrected chi connectivity index (χ3v) is 4.81. The van der Waals surface area contributed by atoms with Crippen molar-refractivity contribution in [3.8, 4) is 10.8 Å². The molecule has 0 bridgehead atoms. The molecule has 1 aromatic carbocycles. The zero-order chi connectivity index (χ0) is 17.1. The fourth-order valence-corrected chi connectivity index (χ4v) is 3.28. The Bertz CT molecular complexity index is 850. The standard InChI is InChI=1S/C19H20N2O2S/c1-4-14-8-5-7-12(2)18(14)21-17(22)11-15-13(3)23-19(20-15)16-9-6-10-24-16/h5-10H,4,11H2,1-3H3,(H,21,22). The van der Waals surface area contributed by atoms with Crippen LogP contribution in [0.15, 0.2) is 40.1 Å². The summed E-state index contributed by atoms with van der Waals surface area (Å²) in [6, 6.07) is 9.97. The third kappa shape index (κ3) is 3.41. The number of nitrogens with zero attached hydrogens (tertiary/aromatic N) is 1. The molecule has 4 nitrogen and oxygen atoms in total. The summed E-state index contributed by atoms with van der Waals surface area (Å²) in [4.78, 5) is 17.9. The normalized spacial score (nSPS) is 10.8. The molecule has 1 N–H and O–H groups in total. The van der Waals surface area contributed by atoms with Crippen LogP contribution in [0.2, 0.25) is 0 Å². The highest BCUT2D eigenvalue weighted by Gasteiger charge is 2.16. The average molecular weight is 340 g/mol. The van der Waals surface area contributed by atoms with Gasteiger partial charge in [-0.1, -0.05) is 31.2 Å². The monoisotopic (exact) mass is 340 g/mol. The predicted octanol–water partition coefficient (Wildman–Crippen LogP) is 4.76. The summed E-state index contributed by atoms with van der Waals surface area (Å²) in [5.74, 6) is 1.19. The van der Waals surface area contributed by atoms with E-state index in [1.165, 1.54) is 0 Å². The molecule has 0 saturated carbocycles. The van der Waals surface area contributed by atoms with Crippen molar-refractivity contribution in [1.29, 1.82) is 0 Å². The second-order valence-electron chi connectivity index (χ2n) is 5.69. The molecule has 124 valence electrons. The molecule has 0 spiro atoms. The summed E-state index contributed by atoms with van der Waals surface area (Å²) in [6.45, 7) is 5.93. The van der Waals surface area contributed by atoms with E-state index in [0.717, 1.165) is 28.1 Å². The first-order valence-electron chi connectivity index (χ1n) is 7.97. The maximum Gasteiger partial charge on any atom is 0.236 e. The van der Waals surface area contributed by atoms with Crippen LogP contribution in [0, 0.1) is 13.8 Å². The van der Waals surface area contributed by atoms with Gasteiger partial charge >= 0.3 is 0 Å². The highest BCUT2D eigenvalue weighted by Crippen LogP contribution is 2.26. The van der Waals surface area contributed by atoms with E-state index in [9.17, 15) is 4.79 Å². The van der Waals surface area contributed by atoms with Crippen LogP contribution in [0.4, 0.5) is 5.69 Å². The molecular weight excluding hydrogens is 320 g/mol. The van der Waals surface area contributed by atoms with Gasteiger partial charge in [0.05, 0.1) is 17.0 Å². The van der Waals surface area contributed by atoms with Crippen molar-refractivity contribution < 1.29 is 9.21 Å². The van der Waals surface area contributed by atoms with Gasteiger partial charge in [-0.2, -0.15) is 0 Å². The molecule has 5 heteroatoms. The molecule has 0 aliphatic rings. The van der Waals surface area contributed by atoms with Crippen LogP contribution in [-0.2, 0) is 17.6 Å². The van der Waals surface area contributed by atoms with Gasteiger partial charge in [0.15, 0.2) is 0 Å². The number of thiophene rings is 1. The molecule has 2 aromatic heterocycles. The number of carbonyl (C=O) groups excluding carboxylic acids is 1. The fourth-order valence-electron chi connectivity index (χ4n) is 2.64. The van der Waals surface area contributed by atoms with Crippen LogP contribution < -0.4 is 5.32 Å². The van der Waals surface area contributed by atoms with Gasteiger partial charge in [-0.05, 0) is 42.8 Å². The molecule has 0 fully saturated rings. The van der Waals surface area contributed by atoms with Gasteiger partial charge in [0.25, 0.3) is 0 Å². The average Bonchev–Trinajstić information content (AvgIpc) is 3.20. The van der Waals surface area contributed by atoms with E-state index in [-0.39, 0.29) is 12.3 Å². The van der Waals surface area contributed by atoms with E-state index in [1.54, 1.807) is 11.3 Å². The van der Waals surface area contributed by atoms with Crippen LogP contribution in [0.5, 0.6) is 0 Å². The Labute approximate surface area is 145 Å². The molecule has 0 aliphatic heterocycles. The van der Waals surface area contributed by atoms with Crippen LogP contribution >= 0.6 is 11.3 Å². The maximum atomic E-state index is 12.5. The van der Waals surface area contributed by atoms with Crippen LogP contribution in [0.1, 0.15) is 29.5 Å². The number of amides is 1. The highest BCUT2D eigenvalue weighted by atomic mass is 32.1. The number of anilines is 1. The minimum atomic E-state index is -0.0758. The SMILES string of the molecule is CCc1cccc(C)c1NC(=O)Cc1nc(-c2cccs2)oc1C. The van der Waals surface area contributed by atoms with Crippen molar-refractivity contribution in [3.05, 3.63) is 58.3 Å². The Morgan fingerprint density at radius 2 is 2.08 bits per heavy atom. The minimum absolute atomic E-state index is 0.0758. The molecule has 0 radical (unpaired) electrons. The Morgan fingerprint density at radius 1 is 1.25 bits per heavy atom. The molecule has 0 atom stereocenters. The second kappa shape index (κ2) is 7.01. The number of para-hydroxylation sites is 1.